The van der Waals surface area contributed by atoms with Gasteiger partial charge in [-0.1, -0.05) is 12.1 Å². The monoisotopic (exact) mass is 466 g/mol. The Kier molecular flexibility index (Phi) is 6.09. The average molecular weight is 466 g/mol. The quantitative estimate of drug-likeness (QED) is 0.296. The molecule has 0 aliphatic carbocycles. The highest BCUT2D eigenvalue weighted by atomic mass is 32.2. The van der Waals surface area contributed by atoms with Gasteiger partial charge in [-0.25, -0.2) is 24.7 Å². The molecule has 4 aromatic rings. The molecule has 0 saturated carbocycles. The molecule has 0 radical (unpaired) electrons. The first kappa shape index (κ1) is 22.0. The van der Waals surface area contributed by atoms with E-state index in [4.69, 9.17) is 9.84 Å². The first-order chi connectivity index (χ1) is 15.9. The van der Waals surface area contributed by atoms with Crippen LogP contribution in [-0.4, -0.2) is 54.5 Å². The van der Waals surface area contributed by atoms with E-state index in [0.29, 0.717) is 16.9 Å². The lowest BCUT2D eigenvalue weighted by atomic mass is 10.1. The Morgan fingerprint density at radius 1 is 1.21 bits per heavy atom. The summed E-state index contributed by atoms with van der Waals surface area (Å²) in [7, 11) is 1.60. The SMILES string of the molecule is COc1ccc(-c2cc3c(NCc4nc(C(=O)O)c(O)c(=O)[nH]4)ncnc3nc2SC)cc1. The summed E-state index contributed by atoms with van der Waals surface area (Å²) in [4.78, 5) is 42.3. The van der Waals surface area contributed by atoms with Gasteiger partial charge in [-0.3, -0.25) is 4.79 Å². The van der Waals surface area contributed by atoms with Crippen LogP contribution in [0, 0.1) is 0 Å². The molecule has 4 N–H and O–H groups in total. The van der Waals surface area contributed by atoms with Gasteiger partial charge < -0.3 is 25.3 Å². The van der Waals surface area contributed by atoms with Crippen molar-refractivity contribution >= 4 is 34.6 Å². The number of aromatic hydroxyl groups is 1. The predicted molar refractivity (Wildman–Crippen MR) is 122 cm³/mol. The smallest absolute Gasteiger partial charge is 0.358 e. The Balaban J connectivity index is 1.73. The summed E-state index contributed by atoms with van der Waals surface area (Å²) < 4.78 is 5.23. The highest BCUT2D eigenvalue weighted by Crippen LogP contribution is 2.33. The summed E-state index contributed by atoms with van der Waals surface area (Å²) in [5, 5.41) is 23.2. The number of aromatic nitrogens is 5. The molecule has 33 heavy (non-hydrogen) atoms. The maximum Gasteiger partial charge on any atom is 0.358 e. The van der Waals surface area contributed by atoms with Crippen molar-refractivity contribution in [2.45, 2.75) is 11.6 Å². The Labute approximate surface area is 190 Å². The van der Waals surface area contributed by atoms with Gasteiger partial charge in [0, 0.05) is 5.56 Å². The van der Waals surface area contributed by atoms with E-state index in [1.165, 1.54) is 18.1 Å². The number of anilines is 1. The zero-order valence-corrected chi connectivity index (χ0v) is 18.3. The lowest BCUT2D eigenvalue weighted by molar-refractivity contribution is 0.0686. The number of pyridine rings is 1. The van der Waals surface area contributed by atoms with E-state index in [1.807, 2.05) is 36.6 Å². The maximum absolute atomic E-state index is 11.8. The standard InChI is InChI=1S/C21H18N6O5S/c1-32-11-5-3-10(4-6-11)12-7-13-17(23-9-24-18(13)27-20(12)33-2)22-8-14-25-15(21(30)31)16(28)19(29)26-14/h3-7,9,28H,8H2,1-2H3,(H,30,31)(H,25,26,29)(H,22,23,24,27). The van der Waals surface area contributed by atoms with Gasteiger partial charge in [-0.15, -0.1) is 11.8 Å². The second-order valence-electron chi connectivity index (χ2n) is 6.74. The van der Waals surface area contributed by atoms with E-state index in [0.717, 1.165) is 21.9 Å². The first-order valence-electron chi connectivity index (χ1n) is 9.54. The van der Waals surface area contributed by atoms with Crippen LogP contribution in [0.3, 0.4) is 0 Å². The van der Waals surface area contributed by atoms with Gasteiger partial charge in [0.2, 0.25) is 5.75 Å². The topological polar surface area (TPSA) is 163 Å². The van der Waals surface area contributed by atoms with Gasteiger partial charge in [0.1, 0.15) is 28.7 Å². The van der Waals surface area contributed by atoms with Crippen molar-refractivity contribution in [3.05, 3.63) is 58.5 Å². The molecule has 0 saturated heterocycles. The number of rotatable bonds is 7. The molecular formula is C21H18N6O5S. The van der Waals surface area contributed by atoms with Gasteiger partial charge in [0.25, 0.3) is 5.56 Å². The van der Waals surface area contributed by atoms with E-state index in [9.17, 15) is 14.7 Å². The predicted octanol–water partition coefficient (Wildman–Crippen LogP) is 2.52. The van der Waals surface area contributed by atoms with Gasteiger partial charge in [0.15, 0.2) is 11.3 Å². The van der Waals surface area contributed by atoms with E-state index in [2.05, 4.69) is 30.2 Å². The minimum atomic E-state index is -1.51. The fraction of sp³-hybridized carbons (Fsp3) is 0.143. The van der Waals surface area contributed by atoms with Crippen molar-refractivity contribution in [2.75, 3.05) is 18.7 Å². The van der Waals surface area contributed by atoms with Crippen LogP contribution in [0.4, 0.5) is 5.82 Å². The van der Waals surface area contributed by atoms with Crippen molar-refractivity contribution < 1.29 is 19.7 Å². The molecule has 12 heteroatoms. The van der Waals surface area contributed by atoms with Crippen LogP contribution in [0.1, 0.15) is 16.3 Å². The lowest BCUT2D eigenvalue weighted by Crippen LogP contribution is -2.19. The fourth-order valence-electron chi connectivity index (χ4n) is 3.16. The number of ether oxygens (including phenoxy) is 1. The zero-order valence-electron chi connectivity index (χ0n) is 17.5. The molecule has 4 rings (SSSR count). The van der Waals surface area contributed by atoms with Crippen molar-refractivity contribution in [3.63, 3.8) is 0 Å². The molecule has 0 aliphatic heterocycles. The number of hydrogen-bond acceptors (Lipinski definition) is 10. The molecule has 3 aromatic heterocycles. The molecule has 3 heterocycles. The number of fused-ring (bicyclic) bond motifs is 1. The Morgan fingerprint density at radius 3 is 2.64 bits per heavy atom. The summed E-state index contributed by atoms with van der Waals surface area (Å²) in [5.74, 6) is -1.28. The molecule has 0 aliphatic rings. The average Bonchev–Trinajstić information content (AvgIpc) is 2.83. The van der Waals surface area contributed by atoms with E-state index in [1.54, 1.807) is 7.11 Å². The number of thioether (sulfide) groups is 1. The van der Waals surface area contributed by atoms with E-state index in [-0.39, 0.29) is 12.4 Å². The zero-order chi connectivity index (χ0) is 23.5. The fourth-order valence-corrected chi connectivity index (χ4v) is 3.73. The van der Waals surface area contributed by atoms with Crippen molar-refractivity contribution in [1.82, 2.24) is 24.9 Å². The van der Waals surface area contributed by atoms with Crippen molar-refractivity contribution in [1.29, 1.82) is 0 Å². The molecule has 0 fully saturated rings. The van der Waals surface area contributed by atoms with Crippen molar-refractivity contribution in [3.8, 4) is 22.6 Å². The van der Waals surface area contributed by atoms with Crippen LogP contribution in [0.2, 0.25) is 0 Å². The Morgan fingerprint density at radius 2 is 1.97 bits per heavy atom. The number of nitrogens with zero attached hydrogens (tertiary/aromatic N) is 4. The van der Waals surface area contributed by atoms with E-state index < -0.39 is 23.0 Å². The Bertz CT molecular complexity index is 1410. The van der Waals surface area contributed by atoms with Crippen LogP contribution < -0.4 is 15.6 Å². The number of hydrogen-bond donors (Lipinski definition) is 4. The second kappa shape index (κ2) is 9.12. The summed E-state index contributed by atoms with van der Waals surface area (Å²) >= 11 is 1.49. The summed E-state index contributed by atoms with van der Waals surface area (Å²) in [6.07, 6.45) is 3.28. The highest BCUT2D eigenvalue weighted by molar-refractivity contribution is 7.98. The molecule has 0 amide bonds. The maximum atomic E-state index is 11.8. The molecule has 168 valence electrons. The Hall–Kier alpha value is -4.19. The minimum Gasteiger partial charge on any atom is -0.501 e. The van der Waals surface area contributed by atoms with Crippen LogP contribution in [0.15, 0.2) is 46.5 Å². The second-order valence-corrected chi connectivity index (χ2v) is 7.53. The number of nitrogens with one attached hydrogen (secondary N) is 2. The molecule has 0 atom stereocenters. The minimum absolute atomic E-state index is 0.0195. The van der Waals surface area contributed by atoms with Crippen LogP contribution in [0.25, 0.3) is 22.2 Å². The normalized spacial score (nSPS) is 10.8. The van der Waals surface area contributed by atoms with Crippen LogP contribution in [0.5, 0.6) is 11.5 Å². The highest BCUT2D eigenvalue weighted by Gasteiger charge is 2.17. The first-order valence-corrected chi connectivity index (χ1v) is 10.8. The van der Waals surface area contributed by atoms with Gasteiger partial charge in [-0.05, 0) is 30.0 Å². The molecule has 0 bridgehead atoms. The molecular weight excluding hydrogens is 448 g/mol. The summed E-state index contributed by atoms with van der Waals surface area (Å²) in [6.45, 7) is -0.0515. The summed E-state index contributed by atoms with van der Waals surface area (Å²) in [6, 6.07) is 9.48. The number of benzene rings is 1. The third kappa shape index (κ3) is 4.41. The van der Waals surface area contributed by atoms with Crippen molar-refractivity contribution in [2.24, 2.45) is 0 Å². The van der Waals surface area contributed by atoms with Gasteiger partial charge in [0.05, 0.1) is 19.0 Å². The van der Waals surface area contributed by atoms with Crippen LogP contribution >= 0.6 is 11.8 Å². The van der Waals surface area contributed by atoms with E-state index >= 15 is 0 Å². The number of carboxylic acid groups (broad SMARTS) is 1. The molecule has 11 nitrogen and oxygen atoms in total. The number of carbonyl (C=O) groups is 1. The third-order valence-electron chi connectivity index (χ3n) is 4.75. The molecule has 0 spiro atoms. The number of aromatic amines is 1. The van der Waals surface area contributed by atoms with Crippen LogP contribution in [-0.2, 0) is 6.54 Å². The third-order valence-corrected chi connectivity index (χ3v) is 5.45. The lowest BCUT2D eigenvalue weighted by Gasteiger charge is -2.12. The number of H-pyrrole nitrogens is 1. The summed E-state index contributed by atoms with van der Waals surface area (Å²) in [5.41, 5.74) is 0.600. The largest absolute Gasteiger partial charge is 0.501 e. The number of methoxy groups -OCH3 is 1. The molecule has 1 aromatic carbocycles. The number of aromatic carboxylic acids is 1. The molecule has 0 unspecified atom stereocenters. The van der Waals surface area contributed by atoms with Gasteiger partial charge in [-0.2, -0.15) is 0 Å². The number of carboxylic acids is 1. The van der Waals surface area contributed by atoms with Gasteiger partial charge >= 0.3 is 5.97 Å².